The topological polar surface area (TPSA) is 122 Å². The van der Waals surface area contributed by atoms with Crippen molar-refractivity contribution in [3.8, 4) is 0 Å². The smallest absolute Gasteiger partial charge is 0.270 e. The van der Waals surface area contributed by atoms with Crippen LogP contribution in [0.2, 0.25) is 0 Å². The van der Waals surface area contributed by atoms with Crippen molar-refractivity contribution < 1.29 is 22.9 Å². The number of ether oxygens (including phenoxy) is 1. The zero-order valence-corrected chi connectivity index (χ0v) is 18.6. The number of non-ortho nitro benzene ring substituents is 1. The summed E-state index contributed by atoms with van der Waals surface area (Å²) in [6.45, 7) is 1.52. The molecule has 0 bridgehead atoms. The lowest BCUT2D eigenvalue weighted by Crippen LogP contribution is -2.40. The van der Waals surface area contributed by atoms with Gasteiger partial charge in [0.05, 0.1) is 23.8 Å². The molecule has 0 atom stereocenters. The second-order valence-corrected chi connectivity index (χ2v) is 9.27. The summed E-state index contributed by atoms with van der Waals surface area (Å²) < 4.78 is 32.7. The Balaban J connectivity index is 1.70. The van der Waals surface area contributed by atoms with E-state index < -0.39 is 14.9 Å². The van der Waals surface area contributed by atoms with Crippen molar-refractivity contribution in [2.75, 3.05) is 45.2 Å². The number of nitro groups is 1. The van der Waals surface area contributed by atoms with E-state index in [4.69, 9.17) is 4.74 Å². The van der Waals surface area contributed by atoms with Crippen LogP contribution in [-0.2, 0) is 26.1 Å². The number of hydrogen-bond donors (Lipinski definition) is 1. The van der Waals surface area contributed by atoms with Crippen LogP contribution in [0.25, 0.3) is 0 Å². The van der Waals surface area contributed by atoms with Gasteiger partial charge in [0.15, 0.2) is 0 Å². The van der Waals surface area contributed by atoms with Gasteiger partial charge in [0.1, 0.15) is 4.90 Å². The predicted octanol–water partition coefficient (Wildman–Crippen LogP) is 2.08. The molecule has 1 aliphatic heterocycles. The fourth-order valence-electron chi connectivity index (χ4n) is 3.35. The summed E-state index contributed by atoms with van der Waals surface area (Å²) in [4.78, 5) is 24.4. The molecular weight excluding hydrogens is 436 g/mol. The van der Waals surface area contributed by atoms with Crippen molar-refractivity contribution in [2.24, 2.45) is 0 Å². The van der Waals surface area contributed by atoms with E-state index in [-0.39, 0.29) is 61.4 Å². The lowest BCUT2D eigenvalue weighted by Gasteiger charge is -2.27. The molecule has 0 aromatic heterocycles. The third-order valence-electron chi connectivity index (χ3n) is 5.11. The summed E-state index contributed by atoms with van der Waals surface area (Å²) >= 11 is 0. The summed E-state index contributed by atoms with van der Waals surface area (Å²) in [5.74, 6) is -0.110. The van der Waals surface area contributed by atoms with E-state index in [1.54, 1.807) is 11.9 Å². The average molecular weight is 463 g/mol. The Labute approximate surface area is 187 Å². The number of sulfonamides is 1. The number of morpholine rings is 1. The maximum Gasteiger partial charge on any atom is 0.270 e. The van der Waals surface area contributed by atoms with Gasteiger partial charge >= 0.3 is 0 Å². The standard InChI is InChI=1S/C21H26N4O6S/c1-23(16-17-5-3-2-4-6-17)21(26)9-10-22-19-8-7-18(25(27)28)15-20(19)32(29,30)24-11-13-31-14-12-24/h2-8,15,22H,9-14,16H2,1H3. The number of carbonyl (C=O) groups excluding carboxylic acids is 1. The molecule has 0 spiro atoms. The molecule has 1 heterocycles. The first-order valence-electron chi connectivity index (χ1n) is 10.2. The molecule has 1 saturated heterocycles. The van der Waals surface area contributed by atoms with Crippen molar-refractivity contribution >= 4 is 27.3 Å². The van der Waals surface area contributed by atoms with Crippen molar-refractivity contribution in [3.05, 3.63) is 64.2 Å². The van der Waals surface area contributed by atoms with Crippen LogP contribution in [0, 0.1) is 10.1 Å². The Bertz CT molecular complexity index is 1060. The van der Waals surface area contributed by atoms with E-state index >= 15 is 0 Å². The molecule has 1 N–H and O–H groups in total. The Morgan fingerprint density at radius 1 is 1.19 bits per heavy atom. The molecule has 11 heteroatoms. The number of nitrogens with zero attached hydrogens (tertiary/aromatic N) is 3. The molecule has 0 unspecified atom stereocenters. The molecule has 32 heavy (non-hydrogen) atoms. The lowest BCUT2D eigenvalue weighted by molar-refractivity contribution is -0.385. The van der Waals surface area contributed by atoms with Crippen LogP contribution >= 0.6 is 0 Å². The van der Waals surface area contributed by atoms with Gasteiger partial charge in [-0.25, -0.2) is 8.42 Å². The Hall–Kier alpha value is -3.02. The Kier molecular flexibility index (Phi) is 7.78. The minimum absolute atomic E-state index is 0.110. The molecule has 2 aromatic rings. The lowest BCUT2D eigenvalue weighted by atomic mass is 10.2. The first-order valence-corrected chi connectivity index (χ1v) is 11.6. The van der Waals surface area contributed by atoms with Crippen LogP contribution in [0.4, 0.5) is 11.4 Å². The van der Waals surface area contributed by atoms with E-state index in [1.807, 2.05) is 30.3 Å². The number of carbonyl (C=O) groups is 1. The van der Waals surface area contributed by atoms with Gasteiger partial charge in [0, 0.05) is 51.8 Å². The number of nitrogens with one attached hydrogen (secondary N) is 1. The maximum absolute atomic E-state index is 13.1. The summed E-state index contributed by atoms with van der Waals surface area (Å²) in [6, 6.07) is 13.2. The van der Waals surface area contributed by atoms with Crippen LogP contribution < -0.4 is 5.32 Å². The maximum atomic E-state index is 13.1. The van der Waals surface area contributed by atoms with Crippen LogP contribution in [0.5, 0.6) is 0 Å². The van der Waals surface area contributed by atoms with Crippen molar-refractivity contribution in [2.45, 2.75) is 17.9 Å². The van der Waals surface area contributed by atoms with Crippen LogP contribution in [0.1, 0.15) is 12.0 Å². The molecule has 0 radical (unpaired) electrons. The molecule has 172 valence electrons. The molecule has 3 rings (SSSR count). The van der Waals surface area contributed by atoms with E-state index in [2.05, 4.69) is 5.32 Å². The second kappa shape index (κ2) is 10.5. The fraction of sp³-hybridized carbons (Fsp3) is 0.381. The van der Waals surface area contributed by atoms with Gasteiger partial charge in [-0.15, -0.1) is 0 Å². The van der Waals surface area contributed by atoms with E-state index in [0.717, 1.165) is 11.6 Å². The minimum Gasteiger partial charge on any atom is -0.383 e. The molecule has 0 aliphatic carbocycles. The third-order valence-corrected chi connectivity index (χ3v) is 7.05. The normalized spacial score (nSPS) is 14.7. The van der Waals surface area contributed by atoms with Crippen LogP contribution in [-0.4, -0.2) is 68.3 Å². The largest absolute Gasteiger partial charge is 0.383 e. The number of rotatable bonds is 9. The van der Waals surface area contributed by atoms with Gasteiger partial charge in [-0.05, 0) is 11.6 Å². The highest BCUT2D eigenvalue weighted by Crippen LogP contribution is 2.29. The summed E-state index contributed by atoms with van der Waals surface area (Å²) in [7, 11) is -2.26. The summed E-state index contributed by atoms with van der Waals surface area (Å²) in [6.07, 6.45) is 0.136. The molecule has 1 aliphatic rings. The van der Waals surface area contributed by atoms with Crippen molar-refractivity contribution in [1.29, 1.82) is 0 Å². The highest BCUT2D eigenvalue weighted by atomic mass is 32.2. The highest BCUT2D eigenvalue weighted by molar-refractivity contribution is 7.89. The zero-order valence-electron chi connectivity index (χ0n) is 17.8. The number of anilines is 1. The number of nitro benzene ring substituents is 1. The quantitative estimate of drug-likeness (QED) is 0.447. The Morgan fingerprint density at radius 3 is 2.53 bits per heavy atom. The SMILES string of the molecule is CN(Cc1ccccc1)C(=O)CCNc1ccc([N+](=O)[O-])cc1S(=O)(=O)N1CCOCC1. The molecular formula is C21H26N4O6S. The van der Waals surface area contributed by atoms with E-state index in [0.29, 0.717) is 6.54 Å². The van der Waals surface area contributed by atoms with E-state index in [9.17, 15) is 23.3 Å². The second-order valence-electron chi connectivity index (χ2n) is 7.37. The fourth-order valence-corrected chi connectivity index (χ4v) is 4.95. The predicted molar refractivity (Wildman–Crippen MR) is 119 cm³/mol. The average Bonchev–Trinajstić information content (AvgIpc) is 2.80. The van der Waals surface area contributed by atoms with Gasteiger partial charge < -0.3 is 15.0 Å². The molecule has 1 amide bonds. The van der Waals surface area contributed by atoms with E-state index in [1.165, 1.54) is 16.4 Å². The first-order chi connectivity index (χ1) is 15.3. The minimum atomic E-state index is -3.97. The summed E-state index contributed by atoms with van der Waals surface area (Å²) in [5, 5.41) is 14.2. The zero-order chi connectivity index (χ0) is 23.1. The number of benzene rings is 2. The van der Waals surface area contributed by atoms with Crippen molar-refractivity contribution in [3.63, 3.8) is 0 Å². The molecule has 1 fully saturated rings. The Morgan fingerprint density at radius 2 is 1.88 bits per heavy atom. The van der Waals surface area contributed by atoms with Gasteiger partial charge in [-0.1, -0.05) is 30.3 Å². The van der Waals surface area contributed by atoms with Crippen LogP contribution in [0.15, 0.2) is 53.4 Å². The van der Waals surface area contributed by atoms with Gasteiger partial charge in [-0.3, -0.25) is 14.9 Å². The molecule has 2 aromatic carbocycles. The highest BCUT2D eigenvalue weighted by Gasteiger charge is 2.30. The number of hydrogen-bond acceptors (Lipinski definition) is 7. The van der Waals surface area contributed by atoms with Gasteiger partial charge in [0.25, 0.3) is 5.69 Å². The number of amides is 1. The third kappa shape index (κ3) is 5.81. The van der Waals surface area contributed by atoms with Crippen molar-refractivity contribution in [1.82, 2.24) is 9.21 Å². The monoisotopic (exact) mass is 462 g/mol. The molecule has 0 saturated carbocycles. The molecule has 10 nitrogen and oxygen atoms in total. The first kappa shape index (κ1) is 23.6. The van der Waals surface area contributed by atoms with Crippen LogP contribution in [0.3, 0.4) is 0 Å². The van der Waals surface area contributed by atoms with Gasteiger partial charge in [-0.2, -0.15) is 4.31 Å². The van der Waals surface area contributed by atoms with Gasteiger partial charge in [0.2, 0.25) is 15.9 Å². The summed E-state index contributed by atoms with van der Waals surface area (Å²) in [5.41, 5.74) is 0.909.